The quantitative estimate of drug-likeness (QED) is 0.802. The van der Waals surface area contributed by atoms with Gasteiger partial charge in [0.2, 0.25) is 0 Å². The van der Waals surface area contributed by atoms with E-state index in [0.29, 0.717) is 0 Å². The standard InChI is InChI=1S/C18H21N5/c1-12-10-16(19-11-15-8-6-5-7-9-15)21-18(20-12)17-13(2)22-23(4)14(17)3/h5-10H,11H2,1-4H3,(H,19,20,21). The van der Waals surface area contributed by atoms with Gasteiger partial charge in [-0.2, -0.15) is 5.10 Å². The summed E-state index contributed by atoms with van der Waals surface area (Å²) in [5, 5.41) is 7.84. The number of rotatable bonds is 4. The van der Waals surface area contributed by atoms with E-state index in [1.165, 1.54) is 5.56 Å². The average molecular weight is 307 g/mol. The molecule has 2 aromatic heterocycles. The summed E-state index contributed by atoms with van der Waals surface area (Å²) in [6.45, 7) is 6.75. The van der Waals surface area contributed by atoms with Crippen LogP contribution in [0.2, 0.25) is 0 Å². The third-order valence-corrected chi connectivity index (χ3v) is 3.90. The van der Waals surface area contributed by atoms with Crippen molar-refractivity contribution in [3.05, 3.63) is 59.0 Å². The lowest BCUT2D eigenvalue weighted by atomic mass is 10.2. The molecule has 0 amide bonds. The number of anilines is 1. The number of aromatic nitrogens is 4. The van der Waals surface area contributed by atoms with E-state index in [0.717, 1.165) is 40.8 Å². The van der Waals surface area contributed by atoms with Gasteiger partial charge < -0.3 is 5.32 Å². The number of hydrogen-bond acceptors (Lipinski definition) is 4. The lowest BCUT2D eigenvalue weighted by molar-refractivity contribution is 0.731. The molecular formula is C18H21N5. The molecule has 0 fully saturated rings. The van der Waals surface area contributed by atoms with Gasteiger partial charge in [0.15, 0.2) is 5.82 Å². The maximum Gasteiger partial charge on any atom is 0.165 e. The predicted octanol–water partition coefficient (Wildman–Crippen LogP) is 3.41. The van der Waals surface area contributed by atoms with Crippen LogP contribution in [0.1, 0.15) is 22.6 Å². The van der Waals surface area contributed by atoms with Gasteiger partial charge in [-0.15, -0.1) is 0 Å². The Hall–Kier alpha value is -2.69. The summed E-state index contributed by atoms with van der Waals surface area (Å²) in [7, 11) is 1.94. The SMILES string of the molecule is Cc1cc(NCc2ccccc2)nc(-c2c(C)nn(C)c2C)n1. The Morgan fingerprint density at radius 2 is 1.78 bits per heavy atom. The van der Waals surface area contributed by atoms with E-state index >= 15 is 0 Å². The highest BCUT2D eigenvalue weighted by molar-refractivity contribution is 5.63. The fourth-order valence-corrected chi connectivity index (χ4v) is 2.66. The predicted molar refractivity (Wildman–Crippen MR) is 92.2 cm³/mol. The van der Waals surface area contributed by atoms with Crippen LogP contribution < -0.4 is 5.32 Å². The topological polar surface area (TPSA) is 55.6 Å². The van der Waals surface area contributed by atoms with Gasteiger partial charge in [-0.25, -0.2) is 9.97 Å². The summed E-state index contributed by atoms with van der Waals surface area (Å²) in [6.07, 6.45) is 0. The third kappa shape index (κ3) is 3.23. The monoisotopic (exact) mass is 307 g/mol. The van der Waals surface area contributed by atoms with E-state index in [2.05, 4.69) is 32.5 Å². The first-order valence-electron chi connectivity index (χ1n) is 7.68. The zero-order valence-electron chi connectivity index (χ0n) is 14.0. The van der Waals surface area contributed by atoms with Crippen molar-refractivity contribution >= 4 is 5.82 Å². The molecule has 1 N–H and O–H groups in total. The van der Waals surface area contributed by atoms with Gasteiger partial charge in [0.25, 0.3) is 0 Å². The van der Waals surface area contributed by atoms with Crippen molar-refractivity contribution in [2.24, 2.45) is 7.05 Å². The van der Waals surface area contributed by atoms with E-state index < -0.39 is 0 Å². The van der Waals surface area contributed by atoms with Crippen LogP contribution in [0.4, 0.5) is 5.82 Å². The first-order valence-corrected chi connectivity index (χ1v) is 7.68. The largest absolute Gasteiger partial charge is 0.366 e. The molecule has 0 bridgehead atoms. The average Bonchev–Trinajstić information content (AvgIpc) is 2.78. The summed E-state index contributed by atoms with van der Waals surface area (Å²) in [5.41, 5.74) is 5.19. The van der Waals surface area contributed by atoms with E-state index in [-0.39, 0.29) is 0 Å². The zero-order chi connectivity index (χ0) is 16.4. The molecule has 0 aliphatic carbocycles. The van der Waals surface area contributed by atoms with Gasteiger partial charge in [0.05, 0.1) is 11.3 Å². The van der Waals surface area contributed by atoms with Gasteiger partial charge >= 0.3 is 0 Å². The van der Waals surface area contributed by atoms with Gasteiger partial charge in [0, 0.05) is 31.0 Å². The molecule has 3 aromatic rings. The zero-order valence-corrected chi connectivity index (χ0v) is 14.0. The molecule has 0 aliphatic rings. The van der Waals surface area contributed by atoms with Crippen LogP contribution in [0, 0.1) is 20.8 Å². The fourth-order valence-electron chi connectivity index (χ4n) is 2.66. The Kier molecular flexibility index (Phi) is 4.10. The summed E-state index contributed by atoms with van der Waals surface area (Å²) in [4.78, 5) is 9.27. The minimum absolute atomic E-state index is 0.726. The second-order valence-corrected chi connectivity index (χ2v) is 5.73. The molecule has 2 heterocycles. The van der Waals surface area contributed by atoms with Gasteiger partial charge in [-0.1, -0.05) is 30.3 Å². The summed E-state index contributed by atoms with van der Waals surface area (Å²) >= 11 is 0. The molecule has 5 nitrogen and oxygen atoms in total. The molecule has 1 aromatic carbocycles. The van der Waals surface area contributed by atoms with Crippen molar-refractivity contribution in [3.63, 3.8) is 0 Å². The second kappa shape index (κ2) is 6.20. The van der Waals surface area contributed by atoms with Gasteiger partial charge in [-0.05, 0) is 26.3 Å². The van der Waals surface area contributed by atoms with E-state index in [4.69, 9.17) is 0 Å². The van der Waals surface area contributed by atoms with Crippen molar-refractivity contribution in [2.75, 3.05) is 5.32 Å². The van der Waals surface area contributed by atoms with Crippen LogP contribution in [0.25, 0.3) is 11.4 Å². The van der Waals surface area contributed by atoms with E-state index in [1.807, 2.05) is 56.8 Å². The molecule has 0 aliphatic heterocycles. The molecule has 118 valence electrons. The van der Waals surface area contributed by atoms with E-state index in [9.17, 15) is 0 Å². The van der Waals surface area contributed by atoms with Crippen LogP contribution in [-0.2, 0) is 13.6 Å². The van der Waals surface area contributed by atoms with Crippen molar-refractivity contribution in [1.82, 2.24) is 19.7 Å². The molecule has 0 radical (unpaired) electrons. The highest BCUT2D eigenvalue weighted by Gasteiger charge is 2.15. The van der Waals surface area contributed by atoms with Crippen LogP contribution in [0.3, 0.4) is 0 Å². The highest BCUT2D eigenvalue weighted by atomic mass is 15.3. The number of hydrogen-bond donors (Lipinski definition) is 1. The normalized spacial score (nSPS) is 10.8. The van der Waals surface area contributed by atoms with Crippen molar-refractivity contribution < 1.29 is 0 Å². The van der Waals surface area contributed by atoms with Gasteiger partial charge in [0.1, 0.15) is 5.82 Å². The highest BCUT2D eigenvalue weighted by Crippen LogP contribution is 2.24. The Morgan fingerprint density at radius 1 is 1.04 bits per heavy atom. The minimum Gasteiger partial charge on any atom is -0.366 e. The van der Waals surface area contributed by atoms with E-state index in [1.54, 1.807) is 0 Å². The fraction of sp³-hybridized carbons (Fsp3) is 0.278. The maximum atomic E-state index is 4.68. The first-order chi connectivity index (χ1) is 11.0. The molecule has 0 spiro atoms. The Labute approximate surface area is 136 Å². The van der Waals surface area contributed by atoms with Crippen molar-refractivity contribution in [1.29, 1.82) is 0 Å². The summed E-state index contributed by atoms with van der Waals surface area (Å²) in [6, 6.07) is 12.2. The lowest BCUT2D eigenvalue weighted by Gasteiger charge is -2.09. The van der Waals surface area contributed by atoms with Crippen LogP contribution in [-0.4, -0.2) is 19.7 Å². The molecule has 23 heavy (non-hydrogen) atoms. The van der Waals surface area contributed by atoms with Gasteiger partial charge in [-0.3, -0.25) is 4.68 Å². The third-order valence-electron chi connectivity index (χ3n) is 3.90. The first kappa shape index (κ1) is 15.2. The minimum atomic E-state index is 0.726. The number of nitrogens with zero attached hydrogens (tertiary/aromatic N) is 4. The Morgan fingerprint density at radius 3 is 2.43 bits per heavy atom. The lowest BCUT2D eigenvalue weighted by Crippen LogP contribution is -2.04. The summed E-state index contributed by atoms with van der Waals surface area (Å²) in [5.74, 6) is 1.56. The van der Waals surface area contributed by atoms with Crippen molar-refractivity contribution in [3.8, 4) is 11.4 Å². The smallest absolute Gasteiger partial charge is 0.165 e. The molecule has 0 saturated carbocycles. The number of nitrogens with one attached hydrogen (secondary N) is 1. The van der Waals surface area contributed by atoms with Crippen LogP contribution in [0.15, 0.2) is 36.4 Å². The van der Waals surface area contributed by atoms with Crippen LogP contribution >= 0.6 is 0 Å². The second-order valence-electron chi connectivity index (χ2n) is 5.73. The maximum absolute atomic E-state index is 4.68. The van der Waals surface area contributed by atoms with Crippen molar-refractivity contribution in [2.45, 2.75) is 27.3 Å². The van der Waals surface area contributed by atoms with Crippen LogP contribution in [0.5, 0.6) is 0 Å². The number of aryl methyl sites for hydroxylation is 3. The Bertz CT molecular complexity index is 821. The Balaban J connectivity index is 1.90. The molecule has 5 heteroatoms. The molecular weight excluding hydrogens is 286 g/mol. The number of benzene rings is 1. The molecule has 3 rings (SSSR count). The summed E-state index contributed by atoms with van der Waals surface area (Å²) < 4.78 is 1.87. The molecule has 0 unspecified atom stereocenters. The molecule has 0 atom stereocenters. The molecule has 0 saturated heterocycles.